The number of hydrogen-bond acceptors (Lipinski definition) is 6. The van der Waals surface area contributed by atoms with Gasteiger partial charge in [0.2, 0.25) is 6.10 Å². The highest BCUT2D eigenvalue weighted by atomic mass is 32.2. The van der Waals surface area contributed by atoms with Crippen LogP contribution < -0.4 is 10.1 Å². The normalized spacial score (nSPS) is 11.9. The molecule has 1 unspecified atom stereocenters. The van der Waals surface area contributed by atoms with Gasteiger partial charge in [-0.05, 0) is 31.2 Å². The van der Waals surface area contributed by atoms with E-state index in [0.717, 1.165) is 5.56 Å². The lowest BCUT2D eigenvalue weighted by molar-refractivity contribution is -0.154. The fraction of sp³-hybridized carbons (Fsp3) is 0.200. The largest absolute Gasteiger partial charge is 0.497 e. The molecule has 3 rings (SSSR count). The van der Waals surface area contributed by atoms with E-state index in [1.807, 2.05) is 6.92 Å². The molecule has 0 spiro atoms. The minimum atomic E-state index is -3.66. The number of amides is 1. The van der Waals surface area contributed by atoms with Gasteiger partial charge < -0.3 is 14.8 Å². The number of sulfone groups is 1. The highest BCUT2D eigenvalue weighted by Crippen LogP contribution is 2.23. The molecule has 0 bridgehead atoms. The predicted molar refractivity (Wildman–Crippen MR) is 125 cm³/mol. The molecule has 1 atom stereocenters. The maximum atomic E-state index is 13.0. The van der Waals surface area contributed by atoms with Gasteiger partial charge in [0.05, 0.1) is 24.2 Å². The smallest absolute Gasteiger partial charge is 0.307 e. The number of ether oxygens (including phenoxy) is 2. The monoisotopic (exact) mass is 467 g/mol. The molecule has 3 aromatic carbocycles. The Balaban J connectivity index is 1.71. The van der Waals surface area contributed by atoms with E-state index in [0.29, 0.717) is 17.0 Å². The Kier molecular flexibility index (Phi) is 7.84. The first-order chi connectivity index (χ1) is 15.8. The van der Waals surface area contributed by atoms with Crippen molar-refractivity contribution < 1.29 is 27.5 Å². The van der Waals surface area contributed by atoms with E-state index in [9.17, 15) is 18.0 Å². The zero-order valence-electron chi connectivity index (χ0n) is 18.4. The minimum Gasteiger partial charge on any atom is -0.497 e. The summed E-state index contributed by atoms with van der Waals surface area (Å²) in [6.07, 6.45) is -1.63. The van der Waals surface area contributed by atoms with E-state index in [2.05, 4.69) is 5.32 Å². The summed E-state index contributed by atoms with van der Waals surface area (Å²) in [6, 6.07) is 21.7. The average Bonchev–Trinajstić information content (AvgIpc) is 2.82. The lowest BCUT2D eigenvalue weighted by Crippen LogP contribution is -2.26. The number of methoxy groups -OCH3 is 1. The summed E-state index contributed by atoms with van der Waals surface area (Å²) in [5.41, 5.74) is 1.87. The topological polar surface area (TPSA) is 98.8 Å². The number of anilines is 1. The number of carbonyl (C=O) groups excluding carboxylic acids is 2. The molecule has 7 nitrogen and oxygen atoms in total. The van der Waals surface area contributed by atoms with Gasteiger partial charge in [-0.25, -0.2) is 8.42 Å². The molecule has 0 aliphatic heterocycles. The van der Waals surface area contributed by atoms with E-state index in [1.165, 1.54) is 19.2 Å². The van der Waals surface area contributed by atoms with Crippen molar-refractivity contribution in [2.75, 3.05) is 18.2 Å². The molecule has 1 N–H and O–H groups in total. The van der Waals surface area contributed by atoms with Crippen molar-refractivity contribution in [3.05, 3.63) is 90.0 Å². The van der Waals surface area contributed by atoms with Gasteiger partial charge in [0.15, 0.2) is 9.84 Å². The lowest BCUT2D eigenvalue weighted by Gasteiger charge is -2.18. The van der Waals surface area contributed by atoms with Crippen LogP contribution in [0.25, 0.3) is 0 Å². The summed E-state index contributed by atoms with van der Waals surface area (Å²) < 4.78 is 35.7. The Morgan fingerprint density at radius 2 is 1.64 bits per heavy atom. The van der Waals surface area contributed by atoms with Crippen LogP contribution >= 0.6 is 0 Å². The van der Waals surface area contributed by atoms with Gasteiger partial charge in [0, 0.05) is 17.3 Å². The Morgan fingerprint density at radius 1 is 0.939 bits per heavy atom. The molecular formula is C25H25NO6S. The van der Waals surface area contributed by atoms with Crippen molar-refractivity contribution in [2.24, 2.45) is 0 Å². The molecule has 3 aromatic rings. The molecule has 0 aliphatic carbocycles. The van der Waals surface area contributed by atoms with Crippen LogP contribution in [0.3, 0.4) is 0 Å². The number of nitrogens with one attached hydrogen (secondary N) is 1. The summed E-state index contributed by atoms with van der Waals surface area (Å²) in [6.45, 7) is 1.86. The van der Waals surface area contributed by atoms with E-state index in [-0.39, 0.29) is 11.3 Å². The van der Waals surface area contributed by atoms with Crippen LogP contribution in [0.2, 0.25) is 0 Å². The van der Waals surface area contributed by atoms with Crippen LogP contribution in [0, 0.1) is 6.92 Å². The molecule has 0 heterocycles. The molecule has 0 aromatic heterocycles. The first kappa shape index (κ1) is 24.0. The Morgan fingerprint density at radius 3 is 2.30 bits per heavy atom. The molecular weight excluding hydrogens is 442 g/mol. The molecule has 0 saturated carbocycles. The predicted octanol–water partition coefficient (Wildman–Crippen LogP) is 4.09. The molecule has 33 heavy (non-hydrogen) atoms. The van der Waals surface area contributed by atoms with Crippen LogP contribution in [-0.4, -0.2) is 33.2 Å². The third kappa shape index (κ3) is 6.66. The lowest BCUT2D eigenvalue weighted by atomic mass is 10.1. The summed E-state index contributed by atoms with van der Waals surface area (Å²) >= 11 is 0. The number of carbonyl (C=O) groups is 2. The van der Waals surface area contributed by atoms with Crippen LogP contribution in [0.1, 0.15) is 23.7 Å². The summed E-state index contributed by atoms with van der Waals surface area (Å²) in [5.74, 6) is -1.22. The van der Waals surface area contributed by atoms with Gasteiger partial charge in [-0.3, -0.25) is 9.59 Å². The first-order valence-electron chi connectivity index (χ1n) is 10.3. The fourth-order valence-corrected chi connectivity index (χ4v) is 4.30. The van der Waals surface area contributed by atoms with Crippen molar-refractivity contribution in [1.82, 2.24) is 0 Å². The number of esters is 1. The second kappa shape index (κ2) is 10.8. The van der Waals surface area contributed by atoms with Gasteiger partial charge in [-0.15, -0.1) is 0 Å². The van der Waals surface area contributed by atoms with Crippen LogP contribution in [0.5, 0.6) is 5.75 Å². The minimum absolute atomic E-state index is 0.135. The second-order valence-corrected chi connectivity index (χ2v) is 9.49. The number of benzene rings is 3. The van der Waals surface area contributed by atoms with Gasteiger partial charge in [0.25, 0.3) is 5.91 Å². The molecule has 0 radical (unpaired) electrons. The maximum Gasteiger partial charge on any atom is 0.307 e. The maximum absolute atomic E-state index is 13.0. The molecule has 0 aliphatic rings. The summed E-state index contributed by atoms with van der Waals surface area (Å²) in [5, 5.41) is 2.71. The van der Waals surface area contributed by atoms with Crippen molar-refractivity contribution in [3.63, 3.8) is 0 Å². The highest BCUT2D eigenvalue weighted by Gasteiger charge is 2.26. The zero-order valence-corrected chi connectivity index (χ0v) is 19.2. The summed E-state index contributed by atoms with van der Waals surface area (Å²) in [7, 11) is -2.15. The number of rotatable bonds is 9. The molecule has 8 heteroatoms. The van der Waals surface area contributed by atoms with Crippen LogP contribution in [-0.2, 0) is 24.2 Å². The first-order valence-corrected chi connectivity index (χ1v) is 11.9. The van der Waals surface area contributed by atoms with E-state index in [4.69, 9.17) is 9.47 Å². The molecule has 0 saturated heterocycles. The van der Waals surface area contributed by atoms with Gasteiger partial charge in [-0.1, -0.05) is 54.1 Å². The quantitative estimate of drug-likeness (QED) is 0.476. The standard InChI is InChI=1S/C25H25NO6S/c1-18-11-13-22(14-12-18)33(29,30)16-15-23(27)32-24(19-7-4-3-5-8-19)25(28)26-20-9-6-10-21(17-20)31-2/h3-14,17,24H,15-16H2,1-2H3,(H,26,28). The van der Waals surface area contributed by atoms with E-state index in [1.54, 1.807) is 66.7 Å². The Hall–Kier alpha value is -3.65. The molecule has 1 amide bonds. The van der Waals surface area contributed by atoms with Crippen molar-refractivity contribution in [1.29, 1.82) is 0 Å². The molecule has 172 valence electrons. The zero-order chi connectivity index (χ0) is 23.8. The van der Waals surface area contributed by atoms with Gasteiger partial charge in [0.1, 0.15) is 5.75 Å². The van der Waals surface area contributed by atoms with E-state index < -0.39 is 33.6 Å². The van der Waals surface area contributed by atoms with Gasteiger partial charge >= 0.3 is 5.97 Å². The average molecular weight is 468 g/mol. The third-order valence-electron chi connectivity index (χ3n) is 4.88. The third-order valence-corrected chi connectivity index (χ3v) is 6.61. The highest BCUT2D eigenvalue weighted by molar-refractivity contribution is 7.91. The van der Waals surface area contributed by atoms with Crippen molar-refractivity contribution in [3.8, 4) is 5.75 Å². The van der Waals surface area contributed by atoms with Crippen LogP contribution in [0.4, 0.5) is 5.69 Å². The second-order valence-electron chi connectivity index (χ2n) is 7.38. The SMILES string of the molecule is COc1cccc(NC(=O)C(OC(=O)CCS(=O)(=O)c2ccc(C)cc2)c2ccccc2)c1. The van der Waals surface area contributed by atoms with Crippen molar-refractivity contribution >= 4 is 27.4 Å². The van der Waals surface area contributed by atoms with E-state index >= 15 is 0 Å². The summed E-state index contributed by atoms with van der Waals surface area (Å²) in [4.78, 5) is 25.6. The fourth-order valence-electron chi connectivity index (χ4n) is 3.08. The number of aryl methyl sites for hydroxylation is 1. The number of hydrogen-bond donors (Lipinski definition) is 1. The van der Waals surface area contributed by atoms with Gasteiger partial charge in [-0.2, -0.15) is 0 Å². The van der Waals surface area contributed by atoms with Crippen molar-refractivity contribution in [2.45, 2.75) is 24.3 Å². The van der Waals surface area contributed by atoms with Crippen LogP contribution in [0.15, 0.2) is 83.8 Å². The Labute approximate surface area is 193 Å². The Bertz CT molecular complexity index is 1210. The molecule has 0 fully saturated rings.